The standard InChI is InChI=1S/C29H30N4O5/c30-24-6-2-3-7-25(24)32-28(34)20-9-11-22(12-10-20)37-16-14-33(19-23-18-31-13-15-36-23)29(35)27-17-21-5-1-4-8-26(21)38-27/h1-12,17,23,31H,13-16,18-19,30H2,(H,32,34). The van der Waals surface area contributed by atoms with Crippen LogP contribution in [-0.2, 0) is 4.74 Å². The molecule has 1 aromatic heterocycles. The van der Waals surface area contributed by atoms with Gasteiger partial charge in [0.2, 0.25) is 0 Å². The summed E-state index contributed by atoms with van der Waals surface area (Å²) in [4.78, 5) is 27.6. The second-order valence-corrected chi connectivity index (χ2v) is 9.01. The normalized spacial score (nSPS) is 15.2. The van der Waals surface area contributed by atoms with Crippen LogP contribution in [0.4, 0.5) is 11.4 Å². The Hall–Kier alpha value is -4.34. The number of nitrogens with zero attached hydrogens (tertiary/aromatic N) is 1. The van der Waals surface area contributed by atoms with Gasteiger partial charge in [-0.2, -0.15) is 0 Å². The molecule has 3 aromatic carbocycles. The molecular formula is C29H30N4O5. The van der Waals surface area contributed by atoms with Gasteiger partial charge in [-0.15, -0.1) is 0 Å². The molecule has 0 aliphatic carbocycles. The topological polar surface area (TPSA) is 119 Å². The van der Waals surface area contributed by atoms with E-state index >= 15 is 0 Å². The monoisotopic (exact) mass is 514 g/mol. The summed E-state index contributed by atoms with van der Waals surface area (Å²) in [6, 6.07) is 23.2. The molecule has 1 saturated heterocycles. The van der Waals surface area contributed by atoms with E-state index in [9.17, 15) is 9.59 Å². The molecular weight excluding hydrogens is 484 g/mol. The molecule has 1 fully saturated rings. The SMILES string of the molecule is Nc1ccccc1NC(=O)c1ccc(OCCN(CC2CNCCO2)C(=O)c2cc3ccccc3o2)cc1. The Morgan fingerprint density at radius 2 is 1.84 bits per heavy atom. The van der Waals surface area contributed by atoms with Crippen molar-refractivity contribution >= 4 is 34.2 Å². The lowest BCUT2D eigenvalue weighted by molar-refractivity contribution is 0.00398. The van der Waals surface area contributed by atoms with Crippen molar-refractivity contribution in [2.24, 2.45) is 0 Å². The van der Waals surface area contributed by atoms with Crippen LogP contribution in [0.25, 0.3) is 11.0 Å². The zero-order valence-corrected chi connectivity index (χ0v) is 20.9. The Morgan fingerprint density at radius 1 is 1.05 bits per heavy atom. The number of fused-ring (bicyclic) bond motifs is 1. The Bertz CT molecular complexity index is 1360. The molecule has 2 amide bonds. The van der Waals surface area contributed by atoms with E-state index in [4.69, 9.17) is 19.6 Å². The number of hydrogen-bond acceptors (Lipinski definition) is 7. The van der Waals surface area contributed by atoms with Crippen molar-refractivity contribution in [3.05, 3.63) is 90.2 Å². The summed E-state index contributed by atoms with van der Waals surface area (Å²) in [6.45, 7) is 3.08. The lowest BCUT2D eigenvalue weighted by atomic mass is 10.2. The molecule has 2 heterocycles. The fraction of sp³-hybridized carbons (Fsp3) is 0.241. The predicted molar refractivity (Wildman–Crippen MR) is 145 cm³/mol. The maximum atomic E-state index is 13.4. The highest BCUT2D eigenvalue weighted by Crippen LogP contribution is 2.21. The molecule has 38 heavy (non-hydrogen) atoms. The summed E-state index contributed by atoms with van der Waals surface area (Å²) in [5.74, 6) is 0.390. The van der Waals surface area contributed by atoms with Gasteiger partial charge in [0.1, 0.15) is 17.9 Å². The Kier molecular flexibility index (Phi) is 7.86. The highest BCUT2D eigenvalue weighted by Gasteiger charge is 2.25. The van der Waals surface area contributed by atoms with Crippen LogP contribution in [-0.4, -0.2) is 62.2 Å². The van der Waals surface area contributed by atoms with Crippen molar-refractivity contribution in [2.45, 2.75) is 6.10 Å². The predicted octanol–water partition coefficient (Wildman–Crippen LogP) is 3.78. The molecule has 1 atom stereocenters. The molecule has 196 valence electrons. The van der Waals surface area contributed by atoms with Gasteiger partial charge in [-0.1, -0.05) is 30.3 Å². The zero-order chi connectivity index (χ0) is 26.3. The maximum absolute atomic E-state index is 13.4. The number of ether oxygens (including phenoxy) is 2. The molecule has 5 rings (SSSR count). The molecule has 0 bridgehead atoms. The molecule has 1 aliphatic heterocycles. The Labute approximate surface area is 220 Å². The quantitative estimate of drug-likeness (QED) is 0.291. The van der Waals surface area contributed by atoms with Crippen LogP contribution in [0, 0.1) is 0 Å². The van der Waals surface area contributed by atoms with Gasteiger partial charge in [0.25, 0.3) is 11.8 Å². The number of furan rings is 1. The Balaban J connectivity index is 1.21. The van der Waals surface area contributed by atoms with E-state index < -0.39 is 0 Å². The molecule has 4 aromatic rings. The maximum Gasteiger partial charge on any atom is 0.289 e. The average molecular weight is 515 g/mol. The zero-order valence-electron chi connectivity index (χ0n) is 20.9. The van der Waals surface area contributed by atoms with Gasteiger partial charge in [0.05, 0.1) is 30.6 Å². The summed E-state index contributed by atoms with van der Waals surface area (Å²) in [7, 11) is 0. The van der Waals surface area contributed by atoms with Gasteiger partial charge >= 0.3 is 0 Å². The minimum atomic E-state index is -0.266. The first kappa shape index (κ1) is 25.3. The number of carbonyl (C=O) groups is 2. The van der Waals surface area contributed by atoms with Crippen LogP contribution in [0.5, 0.6) is 5.75 Å². The van der Waals surface area contributed by atoms with E-state index in [1.54, 1.807) is 47.4 Å². The second-order valence-electron chi connectivity index (χ2n) is 9.01. The number of rotatable bonds is 9. The van der Waals surface area contributed by atoms with E-state index in [1.807, 2.05) is 36.4 Å². The van der Waals surface area contributed by atoms with Crippen molar-refractivity contribution in [3.8, 4) is 5.75 Å². The summed E-state index contributed by atoms with van der Waals surface area (Å²) in [5, 5.41) is 6.98. The Morgan fingerprint density at radius 3 is 2.61 bits per heavy atom. The summed E-state index contributed by atoms with van der Waals surface area (Å²) >= 11 is 0. The van der Waals surface area contributed by atoms with Crippen molar-refractivity contribution in [1.29, 1.82) is 0 Å². The molecule has 0 radical (unpaired) electrons. The van der Waals surface area contributed by atoms with Crippen LogP contribution >= 0.6 is 0 Å². The van der Waals surface area contributed by atoms with Crippen LogP contribution in [0.3, 0.4) is 0 Å². The third kappa shape index (κ3) is 6.13. The first-order valence-electron chi connectivity index (χ1n) is 12.6. The molecule has 4 N–H and O–H groups in total. The highest BCUT2D eigenvalue weighted by molar-refractivity contribution is 6.05. The van der Waals surface area contributed by atoms with Crippen LogP contribution in [0.1, 0.15) is 20.9 Å². The number of anilines is 2. The number of carbonyl (C=O) groups excluding carboxylic acids is 2. The minimum absolute atomic E-state index is 0.117. The van der Waals surface area contributed by atoms with Crippen molar-refractivity contribution < 1.29 is 23.5 Å². The second kappa shape index (κ2) is 11.8. The third-order valence-electron chi connectivity index (χ3n) is 6.31. The number of nitrogens with two attached hydrogens (primary N) is 1. The van der Waals surface area contributed by atoms with Crippen molar-refractivity contribution in [3.63, 3.8) is 0 Å². The van der Waals surface area contributed by atoms with Gasteiger partial charge in [-0.05, 0) is 48.5 Å². The van der Waals surface area contributed by atoms with Crippen LogP contribution in [0.15, 0.2) is 83.3 Å². The lowest BCUT2D eigenvalue weighted by Crippen LogP contribution is -2.47. The van der Waals surface area contributed by atoms with E-state index in [2.05, 4.69) is 10.6 Å². The van der Waals surface area contributed by atoms with Gasteiger partial charge in [0.15, 0.2) is 5.76 Å². The third-order valence-corrected chi connectivity index (χ3v) is 6.31. The largest absolute Gasteiger partial charge is 0.492 e. The van der Waals surface area contributed by atoms with E-state index in [0.717, 1.165) is 11.9 Å². The first-order chi connectivity index (χ1) is 18.6. The number of hydrogen-bond donors (Lipinski definition) is 3. The van der Waals surface area contributed by atoms with Crippen molar-refractivity contribution in [2.75, 3.05) is 50.4 Å². The lowest BCUT2D eigenvalue weighted by Gasteiger charge is -2.30. The molecule has 0 spiro atoms. The summed E-state index contributed by atoms with van der Waals surface area (Å²) < 4.78 is 17.6. The number of nitrogen functional groups attached to an aromatic ring is 1. The molecule has 9 nitrogen and oxygen atoms in total. The van der Waals surface area contributed by atoms with Gasteiger partial charge in [-0.25, -0.2) is 0 Å². The van der Waals surface area contributed by atoms with E-state index in [0.29, 0.717) is 54.5 Å². The number of para-hydroxylation sites is 3. The van der Waals surface area contributed by atoms with Gasteiger partial charge in [0, 0.05) is 30.6 Å². The smallest absolute Gasteiger partial charge is 0.289 e. The summed E-state index contributed by atoms with van der Waals surface area (Å²) in [5.41, 5.74) is 8.11. The van der Waals surface area contributed by atoms with Crippen LogP contribution < -0.4 is 21.1 Å². The van der Waals surface area contributed by atoms with E-state index in [1.165, 1.54) is 0 Å². The molecule has 9 heteroatoms. The average Bonchev–Trinajstić information content (AvgIpc) is 3.39. The number of amides is 2. The number of nitrogens with one attached hydrogen (secondary N) is 2. The molecule has 1 unspecified atom stereocenters. The first-order valence-corrected chi connectivity index (χ1v) is 12.6. The summed E-state index contributed by atoms with van der Waals surface area (Å²) in [6.07, 6.45) is -0.117. The van der Waals surface area contributed by atoms with E-state index in [-0.39, 0.29) is 30.3 Å². The van der Waals surface area contributed by atoms with Gasteiger partial charge in [-0.3, -0.25) is 9.59 Å². The molecule has 0 saturated carbocycles. The number of morpholine rings is 1. The fourth-order valence-corrected chi connectivity index (χ4v) is 4.28. The molecule has 1 aliphatic rings. The highest BCUT2D eigenvalue weighted by atomic mass is 16.5. The van der Waals surface area contributed by atoms with Crippen molar-refractivity contribution in [1.82, 2.24) is 10.2 Å². The fourth-order valence-electron chi connectivity index (χ4n) is 4.28. The van der Waals surface area contributed by atoms with Crippen LogP contribution in [0.2, 0.25) is 0 Å². The minimum Gasteiger partial charge on any atom is -0.492 e. The van der Waals surface area contributed by atoms with Gasteiger partial charge < -0.3 is 35.2 Å². The number of benzene rings is 3.